The molecule has 4 aliphatic carbocycles. The van der Waals surface area contributed by atoms with E-state index in [4.69, 9.17) is 198 Å². The first-order chi connectivity index (χ1) is 50.6. The molecule has 12 nitrogen and oxygen atoms in total. The zero-order chi connectivity index (χ0) is 71.3. The molecule has 0 unspecified atom stereocenters. The van der Waals surface area contributed by atoms with E-state index >= 15 is 0 Å². The molecule has 0 amide bonds. The number of hydrogen-bond acceptors (Lipinski definition) is 10. The molecule has 17 rings (SSSR count). The Labute approximate surface area is 678 Å². The van der Waals surface area contributed by atoms with Crippen LogP contribution in [0.5, 0.6) is 46.0 Å². The molecule has 25 heteroatoms. The Morgan fingerprint density at radius 2 is 0.467 bits per heavy atom. The largest absolute Gasteiger partial charge is 2.00 e. The minimum Gasteiger partial charge on any atom is -0.454 e. The van der Waals surface area contributed by atoms with Gasteiger partial charge in [-0.3, -0.25) is 0 Å². The number of para-hydroxylation sites is 4. The van der Waals surface area contributed by atoms with Crippen molar-refractivity contribution in [3.05, 3.63) is 180 Å². The molecule has 8 bridgehead atoms. The Morgan fingerprint density at radius 1 is 0.248 bits per heavy atom. The van der Waals surface area contributed by atoms with Crippen molar-refractivity contribution >= 4 is 183 Å². The fourth-order valence-corrected chi connectivity index (χ4v) is 19.6. The van der Waals surface area contributed by atoms with Gasteiger partial charge in [-0.2, -0.15) is 0 Å². The molecule has 0 atom stereocenters. The van der Waals surface area contributed by atoms with Crippen LogP contribution in [0.15, 0.2) is 97.1 Å². The molecule has 4 saturated carbocycles. The van der Waals surface area contributed by atoms with Crippen LogP contribution in [-0.2, 0) is 19.5 Å². The molecule has 0 N–H and O–H groups in total. The molecule has 0 saturated heterocycles. The number of benzene rings is 8. The van der Waals surface area contributed by atoms with Crippen molar-refractivity contribution in [2.45, 2.75) is 152 Å². The van der Waals surface area contributed by atoms with E-state index in [-0.39, 0.29) is 216 Å². The van der Waals surface area contributed by atoms with Gasteiger partial charge in [0, 0.05) is 66.4 Å². The van der Waals surface area contributed by atoms with Crippen molar-refractivity contribution in [2.75, 3.05) is 0 Å². The van der Waals surface area contributed by atoms with Crippen molar-refractivity contribution < 1.29 is 38.4 Å². The number of ether oxygens (including phenoxy) is 4. The Morgan fingerprint density at radius 3 is 0.733 bits per heavy atom. The van der Waals surface area contributed by atoms with E-state index < -0.39 is 0 Å². The molecule has 4 fully saturated rings. The zero-order valence-corrected chi connectivity index (χ0v) is 68.2. The molecule has 11 aromatic rings. The summed E-state index contributed by atoms with van der Waals surface area (Å²) in [4.78, 5) is 41.9. The third-order valence-electron chi connectivity index (χ3n) is 21.3. The molecule has 8 aromatic carbocycles. The van der Waals surface area contributed by atoms with Crippen LogP contribution < -0.4 is 28.9 Å². The van der Waals surface area contributed by atoms with E-state index in [2.05, 4.69) is 24.3 Å². The zero-order valence-electron chi connectivity index (χ0n) is 56.1. The maximum absolute atomic E-state index is 7.83. The van der Waals surface area contributed by atoms with E-state index in [1.165, 1.54) is 0 Å². The van der Waals surface area contributed by atoms with Gasteiger partial charge in [0.2, 0.25) is 0 Å². The SMILES string of the molecule is Clc1c(Cl)c2c(c(Cl)c1Oc1ccccc1C1CCCCC1)-c1nc-2nc2[n-]c(nc3nc(nc4[n-]c(n1)c1c(Cl)c(Cl)c(Oc5ccccc5C5CCCCC5)c(Cl)c41)-c1c(Cl)c(Cl)c(Oc4ccccc4C4CCCCC4)c(Cl)c1-3)c1c(Cl)c(Oc3ccccc3C3CCCCC3)c(Cl)c(Cl)c21.[Zn+2]. The van der Waals surface area contributed by atoms with Gasteiger partial charge in [0.05, 0.1) is 63.5 Å². The molecule has 530 valence electrons. The number of rotatable bonds is 12. The number of fused-ring (bicyclic) bond motifs is 20. The summed E-state index contributed by atoms with van der Waals surface area (Å²) in [5.74, 6) is 2.90. The third kappa shape index (κ3) is 13.3. The minimum atomic E-state index is -0.0843. The Hall–Kier alpha value is -5.58. The number of nitrogens with zero attached hydrogens (tertiary/aromatic N) is 8. The van der Waals surface area contributed by atoms with Gasteiger partial charge in [0.15, 0.2) is 23.0 Å². The van der Waals surface area contributed by atoms with Crippen LogP contribution in [0, 0.1) is 0 Å². The average molecular weight is 1690 g/mol. The Kier molecular flexibility index (Phi) is 21.5. The van der Waals surface area contributed by atoms with Gasteiger partial charge in [0.1, 0.15) is 43.1 Å². The van der Waals surface area contributed by atoms with E-state index in [0.29, 0.717) is 23.0 Å². The topological polar surface area (TPSA) is 142 Å². The monoisotopic (exact) mass is 1680 g/mol. The molecule has 6 aliphatic rings. The van der Waals surface area contributed by atoms with Crippen LogP contribution in [-0.4, -0.2) is 29.9 Å². The van der Waals surface area contributed by atoms with Gasteiger partial charge >= 0.3 is 19.5 Å². The van der Waals surface area contributed by atoms with Gasteiger partial charge in [-0.1, -0.05) is 289 Å². The Balaban J connectivity index is 0.00000847. The van der Waals surface area contributed by atoms with Crippen molar-refractivity contribution in [3.63, 3.8) is 0 Å². The van der Waals surface area contributed by atoms with Gasteiger partial charge in [-0.15, -0.1) is 0 Å². The van der Waals surface area contributed by atoms with Crippen LogP contribution >= 0.6 is 139 Å². The standard InChI is InChI=1S/C80H60Cl12N8O4.Zn/c81-57-49-53(61(85)69(65(57)89)101-45-33-17-13-29-41(45)37-21-5-1-6-22-37)77-94-73(49)93-74-50-55(63(87)71(66(90)58(50)82)103-47-35-19-15-31-43(47)39-25-9-3-10-26-39)79(95-74)100-80-56-52(60(84)68(92)72(64(56)88)104-48-36-20-16-32-44(48)40-27-11-4-12-28-40)76(99-80)98-78-54-51(75(96-77)97-78)59(83)67(91)70(62(54)86)102-46-34-18-14-30-42(46)38-23-7-2-8-24-38;/h13-20,29-40H,1-12,21-28H2;/q-2;+2. The quantitative estimate of drug-likeness (QED) is 0.0849. The molecule has 2 aliphatic heterocycles. The summed E-state index contributed by atoms with van der Waals surface area (Å²) in [7, 11) is 0. The second-order valence-corrected chi connectivity index (χ2v) is 32.0. The average Bonchev–Trinajstić information content (AvgIpc) is 1.59. The smallest absolute Gasteiger partial charge is 0.454 e. The molecule has 0 spiro atoms. The molecular weight excluding hydrogens is 1630 g/mol. The molecule has 5 heterocycles. The van der Waals surface area contributed by atoms with Crippen LogP contribution in [0.3, 0.4) is 0 Å². The van der Waals surface area contributed by atoms with Crippen LogP contribution in [0.1, 0.15) is 174 Å². The summed E-state index contributed by atoms with van der Waals surface area (Å²) in [5.41, 5.74) is 4.27. The number of aromatic nitrogens is 8. The maximum atomic E-state index is 7.83. The summed E-state index contributed by atoms with van der Waals surface area (Å²) in [6.07, 6.45) is 21.1. The Bertz CT molecular complexity index is 5540. The van der Waals surface area contributed by atoms with Crippen molar-refractivity contribution in [3.8, 4) is 91.5 Å². The predicted molar refractivity (Wildman–Crippen MR) is 423 cm³/mol. The minimum absolute atomic E-state index is 0. The van der Waals surface area contributed by atoms with E-state index in [1.807, 2.05) is 72.8 Å². The van der Waals surface area contributed by atoms with Crippen molar-refractivity contribution in [1.82, 2.24) is 39.9 Å². The van der Waals surface area contributed by atoms with Gasteiger partial charge in [-0.25, -0.2) is 9.97 Å². The van der Waals surface area contributed by atoms with Crippen molar-refractivity contribution in [2.24, 2.45) is 0 Å². The van der Waals surface area contributed by atoms with E-state index in [0.717, 1.165) is 151 Å². The van der Waals surface area contributed by atoms with Crippen LogP contribution in [0.2, 0.25) is 60.3 Å². The fraction of sp³-hybridized carbons (Fsp3) is 0.300. The summed E-state index contributed by atoms with van der Waals surface area (Å²) < 4.78 is 27.7. The molecule has 0 radical (unpaired) electrons. The summed E-state index contributed by atoms with van der Waals surface area (Å²) in [5, 5.41) is 0.150. The van der Waals surface area contributed by atoms with E-state index in [9.17, 15) is 0 Å². The molecular formula is C80H60Cl12N8O4Zn. The first-order valence-electron chi connectivity index (χ1n) is 35.2. The predicted octanol–water partition coefficient (Wildman–Crippen LogP) is 29.3. The third-order valence-corrected chi connectivity index (χ3v) is 26.1. The van der Waals surface area contributed by atoms with Crippen LogP contribution in [0.4, 0.5) is 0 Å². The van der Waals surface area contributed by atoms with Gasteiger partial charge in [0.25, 0.3) is 0 Å². The van der Waals surface area contributed by atoms with Crippen LogP contribution in [0.25, 0.3) is 89.7 Å². The first kappa shape index (κ1) is 73.6. The fourth-order valence-electron chi connectivity index (χ4n) is 16.2. The number of halogens is 12. The summed E-state index contributed by atoms with van der Waals surface area (Å²) in [6, 6.07) is 31.4. The van der Waals surface area contributed by atoms with Gasteiger partial charge in [-0.05, 0) is 122 Å². The van der Waals surface area contributed by atoms with Gasteiger partial charge < -0.3 is 48.9 Å². The second kappa shape index (κ2) is 30.7. The first-order valence-corrected chi connectivity index (χ1v) is 39.7. The second-order valence-electron chi connectivity index (χ2n) is 27.5. The summed E-state index contributed by atoms with van der Waals surface area (Å²) >= 11 is 91.9. The molecule has 3 aromatic heterocycles. The number of hydrogen-bond donors (Lipinski definition) is 0. The normalized spacial score (nSPS) is 16.0. The molecule has 105 heavy (non-hydrogen) atoms. The maximum Gasteiger partial charge on any atom is 2.00 e. The van der Waals surface area contributed by atoms with E-state index in [1.54, 1.807) is 0 Å². The summed E-state index contributed by atoms with van der Waals surface area (Å²) in [6.45, 7) is 0. The van der Waals surface area contributed by atoms with Crippen molar-refractivity contribution in [1.29, 1.82) is 0 Å².